The third-order valence-corrected chi connectivity index (χ3v) is 1.14. The molecule has 0 saturated carbocycles. The fourth-order valence-electron chi connectivity index (χ4n) is 0.734. The van der Waals surface area contributed by atoms with Crippen molar-refractivity contribution in [2.75, 3.05) is 5.73 Å². The molecule has 5 nitrogen and oxygen atoms in total. The summed E-state index contributed by atoms with van der Waals surface area (Å²) in [7, 11) is 0. The van der Waals surface area contributed by atoms with Gasteiger partial charge in [0, 0.05) is 6.20 Å². The number of aromatic nitrogens is 4. The molecule has 0 fully saturated rings. The van der Waals surface area contributed by atoms with Crippen molar-refractivity contribution in [3.63, 3.8) is 0 Å². The quantitative estimate of drug-likeness (QED) is 0.538. The zero-order valence-corrected chi connectivity index (χ0v) is 5.10. The Morgan fingerprint density at radius 1 is 1.40 bits per heavy atom. The van der Waals surface area contributed by atoms with Crippen molar-refractivity contribution >= 4 is 11.6 Å². The van der Waals surface area contributed by atoms with Gasteiger partial charge >= 0.3 is 0 Å². The SMILES string of the molecule is Nc1cnc2nccn2n1. The van der Waals surface area contributed by atoms with Gasteiger partial charge in [-0.2, -0.15) is 0 Å². The van der Waals surface area contributed by atoms with Gasteiger partial charge in [-0.1, -0.05) is 0 Å². The van der Waals surface area contributed by atoms with Gasteiger partial charge in [0.1, 0.15) is 0 Å². The van der Waals surface area contributed by atoms with Gasteiger partial charge in [-0.15, -0.1) is 5.10 Å². The molecule has 2 N–H and O–H groups in total. The lowest BCUT2D eigenvalue weighted by molar-refractivity contribution is 0.912. The van der Waals surface area contributed by atoms with E-state index in [2.05, 4.69) is 15.1 Å². The summed E-state index contributed by atoms with van der Waals surface area (Å²) < 4.78 is 1.52. The van der Waals surface area contributed by atoms with E-state index in [-0.39, 0.29) is 0 Å². The van der Waals surface area contributed by atoms with Gasteiger partial charge in [0.05, 0.1) is 12.4 Å². The van der Waals surface area contributed by atoms with E-state index in [0.29, 0.717) is 11.6 Å². The van der Waals surface area contributed by atoms with Gasteiger partial charge in [0.15, 0.2) is 5.82 Å². The molecule has 2 rings (SSSR count). The molecule has 0 unspecified atom stereocenters. The topological polar surface area (TPSA) is 69.1 Å². The molecule has 50 valence electrons. The van der Waals surface area contributed by atoms with Crippen molar-refractivity contribution in [3.05, 3.63) is 18.6 Å². The van der Waals surface area contributed by atoms with Crippen LogP contribution in [0.2, 0.25) is 0 Å². The van der Waals surface area contributed by atoms with E-state index in [1.165, 1.54) is 10.7 Å². The van der Waals surface area contributed by atoms with Gasteiger partial charge in [0.2, 0.25) is 0 Å². The molecule has 2 aromatic heterocycles. The summed E-state index contributed by atoms with van der Waals surface area (Å²) >= 11 is 0. The molecule has 0 aliphatic heterocycles. The second-order valence-corrected chi connectivity index (χ2v) is 1.85. The highest BCUT2D eigenvalue weighted by atomic mass is 15.3. The third kappa shape index (κ3) is 0.604. The van der Waals surface area contributed by atoms with Crippen molar-refractivity contribution in [3.8, 4) is 0 Å². The number of nitrogens with zero attached hydrogens (tertiary/aromatic N) is 4. The summed E-state index contributed by atoms with van der Waals surface area (Å²) in [6, 6.07) is 0. The Kier molecular flexibility index (Phi) is 0.858. The predicted octanol–water partition coefficient (Wildman–Crippen LogP) is -0.294. The molecule has 0 aromatic carbocycles. The highest BCUT2D eigenvalue weighted by Gasteiger charge is 1.93. The van der Waals surface area contributed by atoms with Crippen molar-refractivity contribution in [1.29, 1.82) is 0 Å². The molecular formula is C5H5N5. The summed E-state index contributed by atoms with van der Waals surface area (Å²) in [5.41, 5.74) is 5.36. The lowest BCUT2D eigenvalue weighted by atomic mass is 10.8. The standard InChI is InChI=1S/C5H5N5/c6-4-3-8-5-7-1-2-10(5)9-4/h1-3H,(H2,6,9). The molecule has 0 aliphatic carbocycles. The first-order chi connectivity index (χ1) is 4.86. The van der Waals surface area contributed by atoms with Crippen molar-refractivity contribution in [2.24, 2.45) is 0 Å². The van der Waals surface area contributed by atoms with E-state index in [0.717, 1.165) is 0 Å². The number of nitrogens with two attached hydrogens (primary N) is 1. The largest absolute Gasteiger partial charge is 0.381 e. The molecule has 0 atom stereocenters. The van der Waals surface area contributed by atoms with Gasteiger partial charge in [0.25, 0.3) is 5.78 Å². The molecular weight excluding hydrogens is 130 g/mol. The first-order valence-electron chi connectivity index (χ1n) is 2.78. The minimum atomic E-state index is 0.394. The highest BCUT2D eigenvalue weighted by Crippen LogP contribution is 1.95. The smallest absolute Gasteiger partial charge is 0.250 e. The number of anilines is 1. The van der Waals surface area contributed by atoms with Gasteiger partial charge in [-0.25, -0.2) is 14.5 Å². The van der Waals surface area contributed by atoms with E-state index in [1.807, 2.05) is 0 Å². The normalized spacial score (nSPS) is 10.4. The molecule has 0 saturated heterocycles. The molecule has 0 radical (unpaired) electrons. The van der Waals surface area contributed by atoms with Crippen LogP contribution in [0.25, 0.3) is 5.78 Å². The maximum Gasteiger partial charge on any atom is 0.250 e. The third-order valence-electron chi connectivity index (χ3n) is 1.14. The monoisotopic (exact) mass is 135 g/mol. The van der Waals surface area contributed by atoms with Crippen LogP contribution >= 0.6 is 0 Å². The Morgan fingerprint density at radius 2 is 2.30 bits per heavy atom. The molecule has 10 heavy (non-hydrogen) atoms. The van der Waals surface area contributed by atoms with Crippen molar-refractivity contribution in [2.45, 2.75) is 0 Å². The molecule has 0 amide bonds. The maximum atomic E-state index is 5.36. The Bertz CT molecular complexity index is 352. The van der Waals surface area contributed by atoms with E-state index in [4.69, 9.17) is 5.73 Å². The van der Waals surface area contributed by atoms with Crippen LogP contribution < -0.4 is 5.73 Å². The second kappa shape index (κ2) is 1.66. The lowest BCUT2D eigenvalue weighted by Crippen LogP contribution is -1.98. The van der Waals surface area contributed by atoms with Gasteiger partial charge in [-0.3, -0.25) is 0 Å². The van der Waals surface area contributed by atoms with E-state index in [1.54, 1.807) is 12.4 Å². The van der Waals surface area contributed by atoms with Crippen molar-refractivity contribution in [1.82, 2.24) is 19.6 Å². The fourth-order valence-corrected chi connectivity index (χ4v) is 0.734. The first-order valence-corrected chi connectivity index (χ1v) is 2.78. The summed E-state index contributed by atoms with van der Waals surface area (Å²) in [6.07, 6.45) is 4.79. The van der Waals surface area contributed by atoms with E-state index < -0.39 is 0 Å². The summed E-state index contributed by atoms with van der Waals surface area (Å²) in [6.45, 7) is 0. The molecule has 0 bridgehead atoms. The Labute approximate surface area is 56.5 Å². The highest BCUT2D eigenvalue weighted by molar-refractivity contribution is 5.30. The zero-order valence-electron chi connectivity index (χ0n) is 5.10. The number of fused-ring (bicyclic) bond motifs is 1. The second-order valence-electron chi connectivity index (χ2n) is 1.85. The van der Waals surface area contributed by atoms with Crippen LogP contribution in [-0.4, -0.2) is 19.6 Å². The average molecular weight is 135 g/mol. The Balaban J connectivity index is 2.86. The number of hydrogen-bond donors (Lipinski definition) is 1. The Hall–Kier alpha value is -1.65. The summed E-state index contributed by atoms with van der Waals surface area (Å²) in [5, 5.41) is 3.91. The summed E-state index contributed by atoms with van der Waals surface area (Å²) in [4.78, 5) is 7.80. The number of hydrogen-bond acceptors (Lipinski definition) is 4. The average Bonchev–Trinajstić information content (AvgIpc) is 2.33. The number of nitrogen functional groups attached to an aromatic ring is 1. The van der Waals surface area contributed by atoms with E-state index >= 15 is 0 Å². The fraction of sp³-hybridized carbons (Fsp3) is 0. The lowest BCUT2D eigenvalue weighted by Gasteiger charge is -1.90. The van der Waals surface area contributed by atoms with E-state index in [9.17, 15) is 0 Å². The number of rotatable bonds is 0. The molecule has 0 aliphatic rings. The molecule has 2 aromatic rings. The predicted molar refractivity (Wildman–Crippen MR) is 35.2 cm³/mol. The molecule has 5 heteroatoms. The summed E-state index contributed by atoms with van der Waals surface area (Å²) in [5.74, 6) is 0.958. The minimum absolute atomic E-state index is 0.394. The van der Waals surface area contributed by atoms with Crippen LogP contribution in [0.4, 0.5) is 5.82 Å². The first kappa shape index (κ1) is 5.16. The maximum absolute atomic E-state index is 5.36. The Morgan fingerprint density at radius 3 is 3.20 bits per heavy atom. The molecule has 0 spiro atoms. The van der Waals surface area contributed by atoms with Crippen LogP contribution in [0.15, 0.2) is 18.6 Å². The zero-order chi connectivity index (χ0) is 6.97. The van der Waals surface area contributed by atoms with Gasteiger partial charge < -0.3 is 5.73 Å². The van der Waals surface area contributed by atoms with Gasteiger partial charge in [-0.05, 0) is 0 Å². The van der Waals surface area contributed by atoms with Crippen LogP contribution in [0, 0.1) is 0 Å². The van der Waals surface area contributed by atoms with Crippen LogP contribution in [0.3, 0.4) is 0 Å². The minimum Gasteiger partial charge on any atom is -0.381 e. The van der Waals surface area contributed by atoms with Crippen LogP contribution in [-0.2, 0) is 0 Å². The van der Waals surface area contributed by atoms with Crippen molar-refractivity contribution < 1.29 is 0 Å². The number of imidazole rings is 1. The molecule has 2 heterocycles. The van der Waals surface area contributed by atoms with Crippen LogP contribution in [0.5, 0.6) is 0 Å². The van der Waals surface area contributed by atoms with Crippen LogP contribution in [0.1, 0.15) is 0 Å².